The average molecular weight is 292 g/mol. The fraction of sp³-hybridized carbons (Fsp3) is 0.917. The molecule has 0 aromatic heterocycles. The van der Waals surface area contributed by atoms with Crippen LogP contribution in [0.3, 0.4) is 0 Å². The molecule has 1 rings (SSSR count). The number of hydrogen-bond acceptors (Lipinski definition) is 5. The Kier molecular flexibility index (Phi) is 4.84. The van der Waals surface area contributed by atoms with E-state index in [0.717, 1.165) is 6.42 Å². The minimum atomic E-state index is -2.98. The first-order valence-electron chi connectivity index (χ1n) is 6.39. The van der Waals surface area contributed by atoms with Crippen molar-refractivity contribution >= 4 is 15.9 Å². The van der Waals surface area contributed by atoms with Crippen LogP contribution < -0.4 is 10.6 Å². The summed E-state index contributed by atoms with van der Waals surface area (Å²) in [6.07, 6.45) is 1.58. The highest BCUT2D eigenvalue weighted by atomic mass is 32.2. The van der Waals surface area contributed by atoms with Crippen LogP contribution >= 0.6 is 0 Å². The zero-order valence-corrected chi connectivity index (χ0v) is 13.0. The summed E-state index contributed by atoms with van der Waals surface area (Å²) < 4.78 is 27.4. The lowest BCUT2D eigenvalue weighted by Gasteiger charge is -2.20. The van der Waals surface area contributed by atoms with Crippen molar-refractivity contribution < 1.29 is 17.9 Å². The highest BCUT2D eigenvalue weighted by Crippen LogP contribution is 2.22. The van der Waals surface area contributed by atoms with Crippen LogP contribution in [0.4, 0.5) is 4.79 Å². The molecule has 0 heterocycles. The summed E-state index contributed by atoms with van der Waals surface area (Å²) in [6, 6.07) is 0.0339. The molecule has 6 nitrogen and oxygen atoms in total. The van der Waals surface area contributed by atoms with Crippen molar-refractivity contribution in [2.45, 2.75) is 57.8 Å². The second-order valence-corrected chi connectivity index (χ2v) is 8.44. The van der Waals surface area contributed by atoms with Crippen LogP contribution in [0, 0.1) is 0 Å². The van der Waals surface area contributed by atoms with Gasteiger partial charge in [0.1, 0.15) is 15.4 Å². The number of carbonyl (C=O) groups is 1. The molecule has 0 bridgehead atoms. The van der Waals surface area contributed by atoms with Gasteiger partial charge in [0.2, 0.25) is 0 Å². The van der Waals surface area contributed by atoms with E-state index in [-0.39, 0.29) is 23.9 Å². The molecular weight excluding hydrogens is 268 g/mol. The monoisotopic (exact) mass is 292 g/mol. The van der Waals surface area contributed by atoms with Crippen LogP contribution in [0.15, 0.2) is 0 Å². The van der Waals surface area contributed by atoms with Crippen molar-refractivity contribution in [3.05, 3.63) is 0 Å². The number of nitrogens with one attached hydrogen (secondary N) is 2. The molecule has 1 aliphatic carbocycles. The molecule has 3 unspecified atom stereocenters. The van der Waals surface area contributed by atoms with Crippen LogP contribution in [0.1, 0.15) is 34.1 Å². The largest absolute Gasteiger partial charge is 0.444 e. The van der Waals surface area contributed by atoms with Crippen molar-refractivity contribution in [1.29, 1.82) is 0 Å². The van der Waals surface area contributed by atoms with E-state index in [2.05, 4.69) is 10.6 Å². The van der Waals surface area contributed by atoms with Crippen LogP contribution in [0.5, 0.6) is 0 Å². The van der Waals surface area contributed by atoms with Crippen molar-refractivity contribution in [2.24, 2.45) is 0 Å². The molecule has 19 heavy (non-hydrogen) atoms. The molecule has 1 fully saturated rings. The summed E-state index contributed by atoms with van der Waals surface area (Å²) in [7, 11) is -2.98. The minimum Gasteiger partial charge on any atom is -0.444 e. The fourth-order valence-electron chi connectivity index (χ4n) is 1.87. The number of alkyl carbamates (subject to hydrolysis) is 1. The van der Waals surface area contributed by atoms with Gasteiger partial charge in [-0.15, -0.1) is 0 Å². The third-order valence-electron chi connectivity index (χ3n) is 2.54. The third kappa shape index (κ3) is 7.37. The quantitative estimate of drug-likeness (QED) is 0.778. The van der Waals surface area contributed by atoms with Gasteiger partial charge in [0.25, 0.3) is 0 Å². The average Bonchev–Trinajstić information content (AvgIpc) is 2.74. The first-order chi connectivity index (χ1) is 8.46. The molecule has 3 atom stereocenters. The third-order valence-corrected chi connectivity index (χ3v) is 3.65. The highest BCUT2D eigenvalue weighted by molar-refractivity contribution is 7.90. The Morgan fingerprint density at radius 1 is 1.37 bits per heavy atom. The molecule has 1 amide bonds. The maximum Gasteiger partial charge on any atom is 0.407 e. The van der Waals surface area contributed by atoms with Gasteiger partial charge in [-0.1, -0.05) is 0 Å². The zero-order valence-electron chi connectivity index (χ0n) is 12.2. The normalized spacial score (nSPS) is 24.7. The fourth-order valence-corrected chi connectivity index (χ4v) is 2.87. The van der Waals surface area contributed by atoms with Crippen LogP contribution in [-0.4, -0.2) is 50.2 Å². The van der Waals surface area contributed by atoms with E-state index in [1.54, 1.807) is 0 Å². The first kappa shape index (κ1) is 16.2. The van der Waals surface area contributed by atoms with Crippen molar-refractivity contribution in [3.63, 3.8) is 0 Å². The highest BCUT2D eigenvalue weighted by Gasteiger charge is 2.40. The molecule has 0 aromatic rings. The lowest BCUT2D eigenvalue weighted by Crippen LogP contribution is -2.40. The smallest absolute Gasteiger partial charge is 0.407 e. The number of ether oxygens (including phenoxy) is 1. The Labute approximate surface area is 115 Å². The molecule has 7 heteroatoms. The number of rotatable bonds is 5. The van der Waals surface area contributed by atoms with E-state index in [1.807, 2.05) is 27.7 Å². The van der Waals surface area contributed by atoms with Crippen molar-refractivity contribution in [3.8, 4) is 0 Å². The van der Waals surface area contributed by atoms with Gasteiger partial charge >= 0.3 is 6.09 Å². The molecule has 112 valence electrons. The van der Waals surface area contributed by atoms with Crippen LogP contribution in [-0.2, 0) is 14.6 Å². The molecule has 0 aromatic carbocycles. The summed E-state index contributed by atoms with van der Waals surface area (Å²) in [5, 5.41) is 5.93. The van der Waals surface area contributed by atoms with Gasteiger partial charge < -0.3 is 15.4 Å². The molecular formula is C12H24N2O4S. The SMILES string of the molecule is CC(CS(C)(=O)=O)NC1CC1NC(=O)OC(C)(C)C. The van der Waals surface area contributed by atoms with Crippen molar-refractivity contribution in [1.82, 2.24) is 10.6 Å². The Morgan fingerprint density at radius 2 is 1.95 bits per heavy atom. The Bertz CT molecular complexity index is 428. The first-order valence-corrected chi connectivity index (χ1v) is 8.45. The maximum atomic E-state index is 11.5. The van der Waals surface area contributed by atoms with E-state index in [9.17, 15) is 13.2 Å². The van der Waals surface area contributed by atoms with Gasteiger partial charge in [-0.25, -0.2) is 13.2 Å². The summed E-state index contributed by atoms with van der Waals surface area (Å²) in [5.41, 5.74) is -0.508. The molecule has 1 saturated carbocycles. The standard InChI is InChI=1S/C12H24N2O4S/c1-8(7-19(5,16)17)13-9-6-10(9)14-11(15)18-12(2,3)4/h8-10,13H,6-7H2,1-5H3,(H,14,15). The van der Waals surface area contributed by atoms with Crippen LogP contribution in [0.2, 0.25) is 0 Å². The van der Waals surface area contributed by atoms with E-state index < -0.39 is 21.5 Å². The second-order valence-electron chi connectivity index (χ2n) is 6.26. The Balaban J connectivity index is 2.27. The maximum absolute atomic E-state index is 11.5. The Hall–Kier alpha value is -0.820. The minimum absolute atomic E-state index is 0.0249. The van der Waals surface area contributed by atoms with Gasteiger partial charge in [-0.3, -0.25) is 0 Å². The summed E-state index contributed by atoms with van der Waals surface area (Å²) in [5.74, 6) is 0.0999. The lowest BCUT2D eigenvalue weighted by atomic mass is 10.2. The molecule has 1 aliphatic rings. The predicted octanol–water partition coefficient (Wildman–Crippen LogP) is 0.675. The number of hydrogen-bond donors (Lipinski definition) is 2. The number of amides is 1. The van der Waals surface area contributed by atoms with E-state index >= 15 is 0 Å². The molecule has 0 radical (unpaired) electrons. The second kappa shape index (κ2) is 5.66. The lowest BCUT2D eigenvalue weighted by molar-refractivity contribution is 0.0522. The topological polar surface area (TPSA) is 84.5 Å². The van der Waals surface area contributed by atoms with Gasteiger partial charge in [0.15, 0.2) is 0 Å². The van der Waals surface area contributed by atoms with Crippen molar-refractivity contribution in [2.75, 3.05) is 12.0 Å². The van der Waals surface area contributed by atoms with Gasteiger partial charge in [0.05, 0.1) is 5.75 Å². The summed E-state index contributed by atoms with van der Waals surface area (Å²) >= 11 is 0. The van der Waals surface area contributed by atoms with Crippen LogP contribution in [0.25, 0.3) is 0 Å². The molecule has 0 saturated heterocycles. The van der Waals surface area contributed by atoms with Gasteiger partial charge in [0, 0.05) is 24.4 Å². The number of carbonyl (C=O) groups excluding carboxylic acids is 1. The summed E-state index contributed by atoms with van der Waals surface area (Å²) in [6.45, 7) is 7.25. The Morgan fingerprint density at radius 3 is 2.42 bits per heavy atom. The van der Waals surface area contributed by atoms with E-state index in [4.69, 9.17) is 4.74 Å². The molecule has 0 spiro atoms. The number of sulfone groups is 1. The summed E-state index contributed by atoms with van der Waals surface area (Å²) in [4.78, 5) is 11.5. The van der Waals surface area contributed by atoms with E-state index in [0.29, 0.717) is 0 Å². The zero-order chi connectivity index (χ0) is 14.8. The molecule has 0 aliphatic heterocycles. The van der Waals surface area contributed by atoms with Gasteiger partial charge in [-0.2, -0.15) is 0 Å². The van der Waals surface area contributed by atoms with E-state index in [1.165, 1.54) is 6.26 Å². The van der Waals surface area contributed by atoms with Gasteiger partial charge in [-0.05, 0) is 34.1 Å². The predicted molar refractivity (Wildman–Crippen MR) is 73.9 cm³/mol. The molecule has 2 N–H and O–H groups in total.